The number of nitrogens with zero attached hydrogens (tertiary/aromatic N) is 1. The normalized spacial score (nSPS) is 16.0. The van der Waals surface area contributed by atoms with Crippen LogP contribution in [-0.4, -0.2) is 31.6 Å². The number of carbonyl (C=O) groups is 1. The highest BCUT2D eigenvalue weighted by atomic mass is 32.2. The molecular formula is C14H14N2O4S. The van der Waals surface area contributed by atoms with E-state index in [0.717, 1.165) is 12.8 Å². The number of thioether (sulfide) groups is 1. The number of aromatic carboxylic acids is 1. The molecule has 6 nitrogen and oxygen atoms in total. The Hall–Kier alpha value is -2.02. The first-order valence-corrected chi connectivity index (χ1v) is 7.74. The van der Waals surface area contributed by atoms with Crippen molar-refractivity contribution in [3.8, 4) is 0 Å². The summed E-state index contributed by atoms with van der Waals surface area (Å²) in [5.74, 6) is -1.13. The second-order valence-electron chi connectivity index (χ2n) is 5.24. The van der Waals surface area contributed by atoms with E-state index in [1.54, 1.807) is 23.9 Å². The van der Waals surface area contributed by atoms with E-state index in [-0.39, 0.29) is 15.8 Å². The maximum Gasteiger partial charge on any atom is 0.337 e. The molecule has 21 heavy (non-hydrogen) atoms. The number of carboxylic acids is 1. The van der Waals surface area contributed by atoms with Crippen molar-refractivity contribution in [3.63, 3.8) is 0 Å². The molecule has 1 aliphatic carbocycles. The van der Waals surface area contributed by atoms with Gasteiger partial charge in [-0.2, -0.15) is 11.8 Å². The lowest BCUT2D eigenvalue weighted by atomic mass is 10.1. The van der Waals surface area contributed by atoms with Gasteiger partial charge in [-0.05, 0) is 31.2 Å². The molecule has 1 aromatic carbocycles. The Morgan fingerprint density at radius 1 is 1.43 bits per heavy atom. The lowest BCUT2D eigenvalue weighted by Gasteiger charge is -2.16. The number of H-pyrrole nitrogens is 1. The molecule has 2 N–H and O–H groups in total. The molecule has 0 atom stereocenters. The number of carboxylic acid groups (broad SMARTS) is 1. The Bertz CT molecular complexity index is 848. The fraction of sp³-hybridized carbons (Fsp3) is 0.357. The molecule has 0 unspecified atom stereocenters. The summed E-state index contributed by atoms with van der Waals surface area (Å²) in [5, 5.41) is 9.21. The van der Waals surface area contributed by atoms with Gasteiger partial charge in [-0.25, -0.2) is 4.79 Å². The van der Waals surface area contributed by atoms with Crippen LogP contribution in [0.2, 0.25) is 0 Å². The molecule has 0 amide bonds. The second kappa shape index (κ2) is 4.77. The lowest BCUT2D eigenvalue weighted by molar-refractivity contribution is 0.0699. The van der Waals surface area contributed by atoms with Crippen LogP contribution in [0.25, 0.3) is 11.0 Å². The minimum absolute atomic E-state index is 0.00708. The van der Waals surface area contributed by atoms with Gasteiger partial charge in [-0.15, -0.1) is 0 Å². The predicted octanol–water partition coefficient (Wildman–Crippen LogP) is 1.28. The van der Waals surface area contributed by atoms with Gasteiger partial charge in [-0.3, -0.25) is 9.59 Å². The predicted molar refractivity (Wildman–Crippen MR) is 81.3 cm³/mol. The number of benzene rings is 1. The highest BCUT2D eigenvalue weighted by Crippen LogP contribution is 2.48. The molecule has 0 spiro atoms. The molecule has 0 bridgehead atoms. The highest BCUT2D eigenvalue weighted by molar-refractivity contribution is 8.00. The third-order valence-electron chi connectivity index (χ3n) is 3.93. The zero-order valence-electron chi connectivity index (χ0n) is 11.4. The van der Waals surface area contributed by atoms with Gasteiger partial charge in [0.15, 0.2) is 0 Å². The van der Waals surface area contributed by atoms with E-state index in [2.05, 4.69) is 4.98 Å². The van der Waals surface area contributed by atoms with Crippen molar-refractivity contribution in [1.29, 1.82) is 0 Å². The first-order valence-electron chi connectivity index (χ1n) is 6.52. The fourth-order valence-corrected chi connectivity index (χ4v) is 3.25. The molecule has 1 aromatic heterocycles. The summed E-state index contributed by atoms with van der Waals surface area (Å²) >= 11 is 1.68. The standard InChI is InChI=1S/C14H14N2O4S/c1-21-14(5-6-14)7-16-9-4-2-3-8(13(19)20)10(9)15-11(17)12(16)18/h2-4H,5-7H2,1H3,(H,15,17)(H,19,20). The van der Waals surface area contributed by atoms with E-state index >= 15 is 0 Å². The van der Waals surface area contributed by atoms with E-state index in [9.17, 15) is 19.5 Å². The minimum Gasteiger partial charge on any atom is -0.478 e. The summed E-state index contributed by atoms with van der Waals surface area (Å²) in [6.45, 7) is 0.427. The quantitative estimate of drug-likeness (QED) is 0.830. The van der Waals surface area contributed by atoms with Crippen molar-refractivity contribution in [3.05, 3.63) is 44.5 Å². The average molecular weight is 306 g/mol. The smallest absolute Gasteiger partial charge is 0.337 e. The first kappa shape index (κ1) is 13.9. The molecule has 0 aliphatic heterocycles. The van der Waals surface area contributed by atoms with Gasteiger partial charge in [-0.1, -0.05) is 6.07 Å². The molecule has 0 radical (unpaired) electrons. The Balaban J connectivity index is 2.30. The van der Waals surface area contributed by atoms with E-state index in [1.807, 2.05) is 6.26 Å². The van der Waals surface area contributed by atoms with Crippen LogP contribution in [0.15, 0.2) is 27.8 Å². The van der Waals surface area contributed by atoms with Crippen molar-refractivity contribution in [2.45, 2.75) is 24.1 Å². The fourth-order valence-electron chi connectivity index (χ4n) is 2.48. The number of aromatic nitrogens is 2. The molecule has 1 heterocycles. The summed E-state index contributed by atoms with van der Waals surface area (Å²) in [6.07, 6.45) is 3.97. The number of aromatic amines is 1. The SMILES string of the molecule is CSC1(Cn2c(=O)c(=O)[nH]c3c(C(=O)O)cccc32)CC1. The second-order valence-corrected chi connectivity index (χ2v) is 6.51. The van der Waals surface area contributed by atoms with Crippen LogP contribution < -0.4 is 11.1 Å². The highest BCUT2D eigenvalue weighted by Gasteiger charge is 2.42. The van der Waals surface area contributed by atoms with Crippen LogP contribution in [-0.2, 0) is 6.54 Å². The Labute approximate surface area is 123 Å². The number of nitrogens with one attached hydrogen (secondary N) is 1. The zero-order valence-corrected chi connectivity index (χ0v) is 12.2. The molecule has 2 aromatic rings. The first-order chi connectivity index (χ1) is 9.97. The minimum atomic E-state index is -1.13. The van der Waals surface area contributed by atoms with Crippen molar-refractivity contribution in [1.82, 2.24) is 9.55 Å². The Morgan fingerprint density at radius 3 is 2.71 bits per heavy atom. The third kappa shape index (κ3) is 2.27. The summed E-state index contributed by atoms with van der Waals surface area (Å²) in [4.78, 5) is 37.6. The van der Waals surface area contributed by atoms with Gasteiger partial charge in [0.25, 0.3) is 0 Å². The molecule has 7 heteroatoms. The monoisotopic (exact) mass is 306 g/mol. The van der Waals surface area contributed by atoms with Crippen LogP contribution in [0.3, 0.4) is 0 Å². The molecule has 1 aliphatic rings. The number of fused-ring (bicyclic) bond motifs is 1. The molecular weight excluding hydrogens is 292 g/mol. The van der Waals surface area contributed by atoms with Gasteiger partial charge in [0.1, 0.15) is 0 Å². The summed E-state index contributed by atoms with van der Waals surface area (Å²) in [5.41, 5.74) is -0.767. The maximum atomic E-state index is 12.1. The van der Waals surface area contributed by atoms with Gasteiger partial charge in [0.2, 0.25) is 0 Å². The number of hydrogen-bond acceptors (Lipinski definition) is 4. The third-order valence-corrected chi connectivity index (χ3v) is 5.33. The molecule has 0 saturated heterocycles. The topological polar surface area (TPSA) is 92.2 Å². The van der Waals surface area contributed by atoms with E-state index < -0.39 is 17.1 Å². The largest absolute Gasteiger partial charge is 0.478 e. The van der Waals surface area contributed by atoms with Gasteiger partial charge in [0, 0.05) is 11.3 Å². The molecule has 3 rings (SSSR count). The van der Waals surface area contributed by atoms with Gasteiger partial charge in [0.05, 0.1) is 16.6 Å². The van der Waals surface area contributed by atoms with Gasteiger partial charge >= 0.3 is 17.1 Å². The van der Waals surface area contributed by atoms with Crippen LogP contribution >= 0.6 is 11.8 Å². The molecule has 1 saturated carbocycles. The number of para-hydroxylation sites is 1. The van der Waals surface area contributed by atoms with Crippen molar-refractivity contribution in [2.24, 2.45) is 0 Å². The van der Waals surface area contributed by atoms with E-state index in [0.29, 0.717) is 12.1 Å². The Kier molecular flexibility index (Phi) is 3.16. The number of rotatable bonds is 4. The van der Waals surface area contributed by atoms with Crippen LogP contribution in [0.5, 0.6) is 0 Å². The van der Waals surface area contributed by atoms with Gasteiger partial charge < -0.3 is 14.7 Å². The summed E-state index contributed by atoms with van der Waals surface area (Å²) < 4.78 is 1.40. The van der Waals surface area contributed by atoms with E-state index in [4.69, 9.17) is 0 Å². The Morgan fingerprint density at radius 2 is 2.14 bits per heavy atom. The summed E-state index contributed by atoms with van der Waals surface area (Å²) in [6, 6.07) is 4.66. The molecule has 110 valence electrons. The van der Waals surface area contributed by atoms with E-state index in [1.165, 1.54) is 10.6 Å². The van der Waals surface area contributed by atoms with Crippen LogP contribution in [0.4, 0.5) is 0 Å². The maximum absolute atomic E-state index is 12.1. The number of hydrogen-bond donors (Lipinski definition) is 2. The van der Waals surface area contributed by atoms with Crippen LogP contribution in [0.1, 0.15) is 23.2 Å². The zero-order chi connectivity index (χ0) is 15.2. The van der Waals surface area contributed by atoms with Crippen LogP contribution in [0, 0.1) is 0 Å². The molecule has 1 fully saturated rings. The average Bonchev–Trinajstić information content (AvgIpc) is 3.23. The summed E-state index contributed by atoms with van der Waals surface area (Å²) in [7, 11) is 0. The lowest BCUT2D eigenvalue weighted by Crippen LogP contribution is -2.38. The van der Waals surface area contributed by atoms with Crippen molar-refractivity contribution < 1.29 is 9.90 Å². The van der Waals surface area contributed by atoms with Crippen molar-refractivity contribution in [2.75, 3.05) is 6.26 Å². The van der Waals surface area contributed by atoms with Crippen molar-refractivity contribution >= 4 is 28.8 Å².